The molecule has 0 saturated carbocycles. The maximum Gasteiger partial charge on any atom is 0.0847 e. The van der Waals surface area contributed by atoms with Gasteiger partial charge >= 0.3 is 0 Å². The zero-order valence-electron chi connectivity index (χ0n) is 12.9. The van der Waals surface area contributed by atoms with Gasteiger partial charge in [-0.15, -0.1) is 0 Å². The molecule has 0 radical (unpaired) electrons. The Hall–Kier alpha value is -0.580. The van der Waals surface area contributed by atoms with E-state index in [4.69, 9.17) is 16.3 Å². The summed E-state index contributed by atoms with van der Waals surface area (Å²) in [6.07, 6.45) is 0.803. The Morgan fingerprint density at radius 1 is 1.42 bits per heavy atom. The zero-order valence-corrected chi connectivity index (χ0v) is 13.6. The van der Waals surface area contributed by atoms with Crippen molar-refractivity contribution in [1.29, 1.82) is 0 Å². The van der Waals surface area contributed by atoms with Gasteiger partial charge in [-0.2, -0.15) is 5.10 Å². The quantitative estimate of drug-likeness (QED) is 0.838. The smallest absolute Gasteiger partial charge is 0.0847 e. The molecule has 1 N–H and O–H groups in total. The van der Waals surface area contributed by atoms with Gasteiger partial charge in [0, 0.05) is 26.1 Å². The highest BCUT2D eigenvalue weighted by molar-refractivity contribution is 6.31. The standard InChI is InChI=1S/C14H26ClN3O/c1-7-16-12(14(4,5)19-8-2)9-11-13(15)10(3)17-18(11)6/h12,16H,7-9H2,1-6H3. The van der Waals surface area contributed by atoms with Crippen LogP contribution in [-0.4, -0.2) is 34.6 Å². The summed E-state index contributed by atoms with van der Waals surface area (Å²) in [5.74, 6) is 0. The minimum absolute atomic E-state index is 0.199. The molecule has 5 heteroatoms. The van der Waals surface area contributed by atoms with Crippen molar-refractivity contribution >= 4 is 11.6 Å². The number of rotatable bonds is 7. The summed E-state index contributed by atoms with van der Waals surface area (Å²) in [7, 11) is 1.94. The third-order valence-corrected chi connectivity index (χ3v) is 3.96. The van der Waals surface area contributed by atoms with Crippen LogP contribution in [0.25, 0.3) is 0 Å². The molecule has 1 rings (SSSR count). The fourth-order valence-electron chi connectivity index (χ4n) is 2.38. The van der Waals surface area contributed by atoms with E-state index in [1.807, 2.05) is 25.6 Å². The van der Waals surface area contributed by atoms with Crippen LogP contribution in [-0.2, 0) is 18.2 Å². The van der Waals surface area contributed by atoms with Crippen LogP contribution in [0.2, 0.25) is 5.02 Å². The lowest BCUT2D eigenvalue weighted by molar-refractivity contribution is -0.0380. The van der Waals surface area contributed by atoms with Crippen LogP contribution in [0.3, 0.4) is 0 Å². The molecule has 1 unspecified atom stereocenters. The van der Waals surface area contributed by atoms with Crippen LogP contribution in [0.1, 0.15) is 39.1 Å². The molecular weight excluding hydrogens is 262 g/mol. The lowest BCUT2D eigenvalue weighted by Gasteiger charge is -2.35. The van der Waals surface area contributed by atoms with E-state index in [2.05, 4.69) is 31.2 Å². The number of halogens is 1. The summed E-state index contributed by atoms with van der Waals surface area (Å²) >= 11 is 6.33. The van der Waals surface area contributed by atoms with E-state index in [0.29, 0.717) is 6.61 Å². The van der Waals surface area contributed by atoms with Gasteiger partial charge in [-0.3, -0.25) is 4.68 Å². The fraction of sp³-hybridized carbons (Fsp3) is 0.786. The largest absolute Gasteiger partial charge is 0.374 e. The van der Waals surface area contributed by atoms with Crippen LogP contribution < -0.4 is 5.32 Å². The number of hydrogen-bond donors (Lipinski definition) is 1. The van der Waals surface area contributed by atoms with E-state index >= 15 is 0 Å². The molecule has 1 aromatic heterocycles. The van der Waals surface area contributed by atoms with Crippen molar-refractivity contribution < 1.29 is 4.74 Å². The van der Waals surface area contributed by atoms with Gasteiger partial charge < -0.3 is 10.1 Å². The Morgan fingerprint density at radius 3 is 2.47 bits per heavy atom. The van der Waals surface area contributed by atoms with Gasteiger partial charge in [-0.1, -0.05) is 18.5 Å². The topological polar surface area (TPSA) is 39.1 Å². The first kappa shape index (κ1) is 16.5. The maximum atomic E-state index is 6.33. The first-order chi connectivity index (χ1) is 8.83. The second-order valence-corrected chi connectivity index (χ2v) is 5.70. The molecule has 0 saturated heterocycles. The Morgan fingerprint density at radius 2 is 2.05 bits per heavy atom. The molecule has 4 nitrogen and oxygen atoms in total. The summed E-state index contributed by atoms with van der Waals surface area (Å²) in [6, 6.07) is 0.199. The summed E-state index contributed by atoms with van der Waals surface area (Å²) in [4.78, 5) is 0. The Bertz CT molecular complexity index is 415. The normalized spacial score (nSPS) is 13.8. The first-order valence-electron chi connectivity index (χ1n) is 6.88. The molecule has 1 aromatic rings. The van der Waals surface area contributed by atoms with Crippen molar-refractivity contribution in [3.63, 3.8) is 0 Å². The second kappa shape index (κ2) is 6.73. The zero-order chi connectivity index (χ0) is 14.6. The van der Waals surface area contributed by atoms with Gasteiger partial charge in [-0.05, 0) is 34.2 Å². The van der Waals surface area contributed by atoms with E-state index < -0.39 is 0 Å². The predicted octanol–water partition coefficient (Wildman–Crippen LogP) is 2.72. The highest BCUT2D eigenvalue weighted by Crippen LogP contribution is 2.25. The van der Waals surface area contributed by atoms with Crippen molar-refractivity contribution in [2.75, 3.05) is 13.2 Å². The lowest BCUT2D eigenvalue weighted by atomic mass is 9.93. The molecule has 0 aromatic carbocycles. The van der Waals surface area contributed by atoms with E-state index in [1.165, 1.54) is 0 Å². The number of aromatic nitrogens is 2. The maximum absolute atomic E-state index is 6.33. The van der Waals surface area contributed by atoms with Gasteiger partial charge in [0.05, 0.1) is 22.0 Å². The number of ether oxygens (including phenoxy) is 1. The molecule has 0 aliphatic heterocycles. The van der Waals surface area contributed by atoms with Gasteiger partial charge in [0.1, 0.15) is 0 Å². The molecule has 0 amide bonds. The molecule has 0 spiro atoms. The van der Waals surface area contributed by atoms with Crippen molar-refractivity contribution in [2.24, 2.45) is 7.05 Å². The SMILES string of the molecule is CCNC(Cc1c(Cl)c(C)nn1C)C(C)(C)OCC. The molecule has 0 aliphatic carbocycles. The number of hydrogen-bond acceptors (Lipinski definition) is 3. The minimum atomic E-state index is -0.244. The van der Waals surface area contributed by atoms with E-state index in [1.54, 1.807) is 0 Å². The average Bonchev–Trinajstić information content (AvgIpc) is 2.55. The van der Waals surface area contributed by atoms with Crippen LogP contribution in [0.4, 0.5) is 0 Å². The van der Waals surface area contributed by atoms with Crippen molar-refractivity contribution in [1.82, 2.24) is 15.1 Å². The van der Waals surface area contributed by atoms with E-state index in [9.17, 15) is 0 Å². The number of likely N-dealkylation sites (N-methyl/N-ethyl adjacent to an activating group) is 1. The first-order valence-corrected chi connectivity index (χ1v) is 7.26. The Labute approximate surface area is 121 Å². The Balaban J connectivity index is 2.95. The number of nitrogens with one attached hydrogen (secondary N) is 1. The molecule has 110 valence electrons. The summed E-state index contributed by atoms with van der Waals surface area (Å²) in [5.41, 5.74) is 1.69. The predicted molar refractivity (Wildman–Crippen MR) is 79.8 cm³/mol. The van der Waals surface area contributed by atoms with Gasteiger partial charge in [0.25, 0.3) is 0 Å². The van der Waals surface area contributed by atoms with Crippen LogP contribution in [0, 0.1) is 6.92 Å². The van der Waals surface area contributed by atoms with E-state index in [-0.39, 0.29) is 11.6 Å². The third kappa shape index (κ3) is 3.94. The lowest BCUT2D eigenvalue weighted by Crippen LogP contribution is -2.50. The molecular formula is C14H26ClN3O. The van der Waals surface area contributed by atoms with Crippen LogP contribution in [0.5, 0.6) is 0 Å². The van der Waals surface area contributed by atoms with Gasteiger partial charge in [-0.25, -0.2) is 0 Å². The van der Waals surface area contributed by atoms with Crippen LogP contribution in [0.15, 0.2) is 0 Å². The van der Waals surface area contributed by atoms with Gasteiger partial charge in [0.2, 0.25) is 0 Å². The summed E-state index contributed by atoms with van der Waals surface area (Å²) in [5, 5.41) is 8.62. The third-order valence-electron chi connectivity index (χ3n) is 3.47. The molecule has 0 aliphatic rings. The van der Waals surface area contributed by atoms with Crippen molar-refractivity contribution in [3.8, 4) is 0 Å². The monoisotopic (exact) mass is 287 g/mol. The van der Waals surface area contributed by atoms with Crippen LogP contribution >= 0.6 is 11.6 Å². The summed E-state index contributed by atoms with van der Waals surface area (Å²) < 4.78 is 7.73. The average molecular weight is 288 g/mol. The molecule has 0 bridgehead atoms. The summed E-state index contributed by atoms with van der Waals surface area (Å²) in [6.45, 7) is 11.9. The Kier molecular flexibility index (Phi) is 5.83. The fourth-order valence-corrected chi connectivity index (χ4v) is 2.62. The van der Waals surface area contributed by atoms with Crippen molar-refractivity contribution in [2.45, 2.75) is 52.7 Å². The molecule has 0 fully saturated rings. The molecule has 1 atom stereocenters. The second-order valence-electron chi connectivity index (χ2n) is 5.32. The minimum Gasteiger partial charge on any atom is -0.374 e. The van der Waals surface area contributed by atoms with Gasteiger partial charge in [0.15, 0.2) is 0 Å². The van der Waals surface area contributed by atoms with E-state index in [0.717, 1.165) is 29.4 Å². The highest BCUT2D eigenvalue weighted by atomic mass is 35.5. The molecule has 1 heterocycles. The van der Waals surface area contributed by atoms with Crippen molar-refractivity contribution in [3.05, 3.63) is 16.4 Å². The molecule has 19 heavy (non-hydrogen) atoms. The number of aryl methyl sites for hydroxylation is 2. The highest BCUT2D eigenvalue weighted by Gasteiger charge is 2.31. The number of nitrogens with zero attached hydrogens (tertiary/aromatic N) is 2.